The monoisotopic (exact) mass is 436 g/mol. The molecule has 2 amide bonds. The maximum Gasteiger partial charge on any atom is 0.253 e. The second-order valence-corrected chi connectivity index (χ2v) is 7.43. The van der Waals surface area contributed by atoms with E-state index in [1.807, 2.05) is 24.3 Å². The number of nitrogens with zero attached hydrogens (tertiary/aromatic N) is 2. The standard InChI is InChI=1S/C22H21ClN6O2/c1-24-21(31)16-4-2-3-5-18(16)28-20-17(23)12-26-22(29-20)27-15-8-6-13-7-9-19(30)25-11-14(13)10-15/h2-6,8,10,12H,7,9,11H2,1H3,(H,24,31)(H,25,30)(H2,26,27,28,29). The maximum atomic E-state index is 12.1. The molecule has 0 unspecified atom stereocenters. The highest BCUT2D eigenvalue weighted by Crippen LogP contribution is 2.27. The molecule has 3 aromatic rings. The van der Waals surface area contributed by atoms with Gasteiger partial charge in [-0.25, -0.2) is 4.98 Å². The van der Waals surface area contributed by atoms with Crippen LogP contribution in [0.1, 0.15) is 27.9 Å². The minimum atomic E-state index is -0.219. The van der Waals surface area contributed by atoms with Gasteiger partial charge in [-0.3, -0.25) is 9.59 Å². The summed E-state index contributed by atoms with van der Waals surface area (Å²) in [6, 6.07) is 13.0. The number of halogens is 1. The molecular weight excluding hydrogens is 416 g/mol. The SMILES string of the molecule is CNC(=O)c1ccccc1Nc1nc(Nc2ccc3c(c2)CNC(=O)CC3)ncc1Cl. The van der Waals surface area contributed by atoms with Gasteiger partial charge in [-0.1, -0.05) is 29.8 Å². The summed E-state index contributed by atoms with van der Waals surface area (Å²) in [7, 11) is 1.57. The Bertz CT molecular complexity index is 1150. The summed E-state index contributed by atoms with van der Waals surface area (Å²) in [5.41, 5.74) is 4.06. The summed E-state index contributed by atoms with van der Waals surface area (Å²) >= 11 is 6.29. The minimum Gasteiger partial charge on any atom is -0.355 e. The van der Waals surface area contributed by atoms with Gasteiger partial charge in [0.05, 0.1) is 17.4 Å². The first-order chi connectivity index (χ1) is 15.0. The first-order valence-electron chi connectivity index (χ1n) is 9.79. The first kappa shape index (κ1) is 20.6. The minimum absolute atomic E-state index is 0.0551. The Morgan fingerprint density at radius 3 is 2.77 bits per heavy atom. The van der Waals surface area contributed by atoms with Crippen LogP contribution in [-0.2, 0) is 17.8 Å². The Morgan fingerprint density at radius 1 is 1.10 bits per heavy atom. The molecule has 0 fully saturated rings. The maximum absolute atomic E-state index is 12.1. The van der Waals surface area contributed by atoms with Gasteiger partial charge in [0.2, 0.25) is 11.9 Å². The molecule has 2 heterocycles. The fourth-order valence-corrected chi connectivity index (χ4v) is 3.48. The molecule has 0 bridgehead atoms. The van der Waals surface area contributed by atoms with Gasteiger partial charge >= 0.3 is 0 Å². The number of anilines is 4. The number of nitrogens with one attached hydrogen (secondary N) is 4. The number of aromatic nitrogens is 2. The zero-order valence-electron chi connectivity index (χ0n) is 16.8. The van der Waals surface area contributed by atoms with E-state index in [0.29, 0.717) is 41.0 Å². The molecule has 0 saturated carbocycles. The third-order valence-electron chi connectivity index (χ3n) is 4.96. The van der Waals surface area contributed by atoms with E-state index >= 15 is 0 Å². The highest BCUT2D eigenvalue weighted by Gasteiger charge is 2.15. The van der Waals surface area contributed by atoms with Crippen molar-refractivity contribution < 1.29 is 9.59 Å². The van der Waals surface area contributed by atoms with Crippen molar-refractivity contribution in [2.45, 2.75) is 19.4 Å². The third kappa shape index (κ3) is 4.75. The predicted molar refractivity (Wildman–Crippen MR) is 120 cm³/mol. The van der Waals surface area contributed by atoms with E-state index in [0.717, 1.165) is 23.2 Å². The van der Waals surface area contributed by atoms with Gasteiger partial charge in [0.1, 0.15) is 5.02 Å². The van der Waals surface area contributed by atoms with Crippen LogP contribution < -0.4 is 21.3 Å². The lowest BCUT2D eigenvalue weighted by atomic mass is 10.0. The number of hydrogen-bond acceptors (Lipinski definition) is 6. The Hall–Kier alpha value is -3.65. The van der Waals surface area contributed by atoms with E-state index in [1.54, 1.807) is 25.2 Å². The van der Waals surface area contributed by atoms with Crippen molar-refractivity contribution in [1.82, 2.24) is 20.6 Å². The molecule has 1 aliphatic rings. The van der Waals surface area contributed by atoms with E-state index in [9.17, 15) is 9.59 Å². The van der Waals surface area contributed by atoms with Crippen LogP contribution in [-0.4, -0.2) is 28.8 Å². The second-order valence-electron chi connectivity index (χ2n) is 7.03. The highest BCUT2D eigenvalue weighted by molar-refractivity contribution is 6.33. The van der Waals surface area contributed by atoms with E-state index < -0.39 is 0 Å². The quantitative estimate of drug-likeness (QED) is 0.487. The van der Waals surface area contributed by atoms with Crippen LogP contribution >= 0.6 is 11.6 Å². The fourth-order valence-electron chi connectivity index (χ4n) is 3.34. The molecule has 158 valence electrons. The topological polar surface area (TPSA) is 108 Å². The van der Waals surface area contributed by atoms with Gasteiger partial charge in [0, 0.05) is 25.7 Å². The molecule has 31 heavy (non-hydrogen) atoms. The van der Waals surface area contributed by atoms with Crippen LogP contribution in [0.25, 0.3) is 0 Å². The average molecular weight is 437 g/mol. The predicted octanol–water partition coefficient (Wildman–Crippen LogP) is 3.54. The van der Waals surface area contributed by atoms with Crippen molar-refractivity contribution in [3.63, 3.8) is 0 Å². The van der Waals surface area contributed by atoms with Crippen LogP contribution in [0.15, 0.2) is 48.7 Å². The molecule has 8 nitrogen and oxygen atoms in total. The molecule has 0 aliphatic carbocycles. The van der Waals surface area contributed by atoms with E-state index in [2.05, 4.69) is 31.2 Å². The molecule has 4 N–H and O–H groups in total. The number of benzene rings is 2. The molecule has 1 aliphatic heterocycles. The molecular formula is C22H21ClN6O2. The molecule has 1 aromatic heterocycles. The number of amides is 2. The van der Waals surface area contributed by atoms with Gasteiger partial charge < -0.3 is 21.3 Å². The molecule has 0 saturated heterocycles. The van der Waals surface area contributed by atoms with Crippen LogP contribution in [0.4, 0.5) is 23.1 Å². The normalized spacial score (nSPS) is 12.9. The Labute approximate surface area is 184 Å². The fraction of sp³-hybridized carbons (Fsp3) is 0.182. The number of hydrogen-bond donors (Lipinski definition) is 4. The molecule has 9 heteroatoms. The summed E-state index contributed by atoms with van der Waals surface area (Å²) in [6.07, 6.45) is 2.70. The van der Waals surface area contributed by atoms with Crippen molar-refractivity contribution in [3.8, 4) is 0 Å². The molecule has 0 radical (unpaired) electrons. The number of rotatable bonds is 5. The van der Waals surface area contributed by atoms with Gasteiger partial charge in [0.15, 0.2) is 5.82 Å². The smallest absolute Gasteiger partial charge is 0.253 e. The average Bonchev–Trinajstić information content (AvgIpc) is 2.97. The molecule has 2 aromatic carbocycles. The lowest BCUT2D eigenvalue weighted by Crippen LogP contribution is -2.20. The summed E-state index contributed by atoms with van der Waals surface area (Å²) in [5.74, 6) is 0.558. The van der Waals surface area contributed by atoms with Crippen LogP contribution in [0.5, 0.6) is 0 Å². The van der Waals surface area contributed by atoms with Gasteiger partial charge in [-0.05, 0) is 41.8 Å². The van der Waals surface area contributed by atoms with E-state index in [1.165, 1.54) is 6.20 Å². The van der Waals surface area contributed by atoms with Crippen LogP contribution in [0, 0.1) is 0 Å². The summed E-state index contributed by atoms with van der Waals surface area (Å²) in [6.45, 7) is 0.494. The lowest BCUT2D eigenvalue weighted by Gasteiger charge is -2.13. The Kier molecular flexibility index (Phi) is 5.99. The van der Waals surface area contributed by atoms with E-state index in [-0.39, 0.29) is 11.8 Å². The number of carbonyl (C=O) groups excluding carboxylic acids is 2. The van der Waals surface area contributed by atoms with Crippen LogP contribution in [0.3, 0.4) is 0 Å². The lowest BCUT2D eigenvalue weighted by molar-refractivity contribution is -0.121. The molecule has 0 spiro atoms. The zero-order valence-corrected chi connectivity index (χ0v) is 17.6. The van der Waals surface area contributed by atoms with Crippen molar-refractivity contribution in [2.24, 2.45) is 0 Å². The first-order valence-corrected chi connectivity index (χ1v) is 10.2. The van der Waals surface area contributed by atoms with Gasteiger partial charge in [-0.2, -0.15) is 4.98 Å². The second kappa shape index (κ2) is 9.01. The molecule has 4 rings (SSSR count). The number of aryl methyl sites for hydroxylation is 1. The van der Waals surface area contributed by atoms with Crippen LogP contribution in [0.2, 0.25) is 5.02 Å². The van der Waals surface area contributed by atoms with Crippen molar-refractivity contribution in [2.75, 3.05) is 17.7 Å². The van der Waals surface area contributed by atoms with Gasteiger partial charge in [-0.15, -0.1) is 0 Å². The Balaban J connectivity index is 1.57. The molecule has 0 atom stereocenters. The number of para-hydroxylation sites is 1. The van der Waals surface area contributed by atoms with Gasteiger partial charge in [0.25, 0.3) is 5.91 Å². The van der Waals surface area contributed by atoms with E-state index in [4.69, 9.17) is 11.6 Å². The van der Waals surface area contributed by atoms with Crippen molar-refractivity contribution >= 4 is 46.6 Å². The number of fused-ring (bicyclic) bond motifs is 1. The Morgan fingerprint density at radius 2 is 1.94 bits per heavy atom. The number of carbonyl (C=O) groups is 2. The summed E-state index contributed by atoms with van der Waals surface area (Å²) in [5, 5.41) is 12.1. The van der Waals surface area contributed by atoms with Crippen molar-refractivity contribution in [3.05, 3.63) is 70.4 Å². The third-order valence-corrected chi connectivity index (χ3v) is 5.23. The highest BCUT2D eigenvalue weighted by atomic mass is 35.5. The largest absolute Gasteiger partial charge is 0.355 e. The summed E-state index contributed by atoms with van der Waals surface area (Å²) in [4.78, 5) is 32.5. The zero-order chi connectivity index (χ0) is 21.8. The summed E-state index contributed by atoms with van der Waals surface area (Å²) < 4.78 is 0. The van der Waals surface area contributed by atoms with Crippen molar-refractivity contribution in [1.29, 1.82) is 0 Å².